The van der Waals surface area contributed by atoms with Gasteiger partial charge in [-0.2, -0.15) is 0 Å². The molecule has 142 valence electrons. The van der Waals surface area contributed by atoms with Gasteiger partial charge >= 0.3 is 0 Å². The molecule has 0 fully saturated rings. The molecular weight excluding hydrogens is 370 g/mol. The molecule has 2 aromatic carbocycles. The number of carbonyl (C=O) groups excluding carboxylic acids is 1. The van der Waals surface area contributed by atoms with Gasteiger partial charge in [0, 0.05) is 28.9 Å². The Hall–Kier alpha value is -2.94. The number of rotatable bonds is 4. The molecule has 0 radical (unpaired) electrons. The van der Waals surface area contributed by atoms with Crippen molar-refractivity contribution in [2.75, 3.05) is 15.9 Å². The van der Waals surface area contributed by atoms with Crippen molar-refractivity contribution >= 4 is 33.0 Å². The van der Waals surface area contributed by atoms with Crippen LogP contribution < -0.4 is 9.62 Å². The van der Waals surface area contributed by atoms with Gasteiger partial charge in [0.15, 0.2) is 0 Å². The van der Waals surface area contributed by atoms with Crippen LogP contribution in [0.25, 0.3) is 0 Å². The van der Waals surface area contributed by atoms with Crippen molar-refractivity contribution in [1.82, 2.24) is 0 Å². The number of fused-ring (bicyclic) bond motifs is 1. The van der Waals surface area contributed by atoms with E-state index in [-0.39, 0.29) is 11.7 Å². The standard InChI is InChI=1S/C18H19N3O5S/c1-11-4-6-15(10-17(11)21(23)24)19-18(22)13-5-7-16-14(9-13)8-12(2)20(16)27(3,25)26/h4-7,9-10,12H,8H2,1-3H3,(H,19,22). The van der Waals surface area contributed by atoms with E-state index in [4.69, 9.17) is 0 Å². The summed E-state index contributed by atoms with van der Waals surface area (Å²) in [5.41, 5.74) is 2.47. The van der Waals surface area contributed by atoms with Gasteiger partial charge in [0.1, 0.15) is 0 Å². The van der Waals surface area contributed by atoms with E-state index in [0.29, 0.717) is 28.9 Å². The predicted octanol–water partition coefficient (Wildman–Crippen LogP) is 2.87. The van der Waals surface area contributed by atoms with Crippen LogP contribution in [0.5, 0.6) is 0 Å². The fourth-order valence-corrected chi connectivity index (χ4v) is 4.60. The number of anilines is 2. The van der Waals surface area contributed by atoms with Crippen molar-refractivity contribution in [1.29, 1.82) is 0 Å². The normalized spacial score (nSPS) is 16.1. The Labute approximate surface area is 157 Å². The molecule has 8 nitrogen and oxygen atoms in total. The lowest BCUT2D eigenvalue weighted by atomic mass is 10.1. The van der Waals surface area contributed by atoms with Crippen LogP contribution in [0.3, 0.4) is 0 Å². The van der Waals surface area contributed by atoms with Gasteiger partial charge in [-0.25, -0.2) is 8.42 Å². The highest BCUT2D eigenvalue weighted by Crippen LogP contribution is 2.35. The summed E-state index contributed by atoms with van der Waals surface area (Å²) in [6.45, 7) is 3.44. The van der Waals surface area contributed by atoms with Crippen LogP contribution in [0.4, 0.5) is 17.1 Å². The molecule has 1 atom stereocenters. The number of sulfonamides is 1. The first-order valence-corrected chi connectivity index (χ1v) is 10.1. The molecule has 0 saturated carbocycles. The lowest BCUT2D eigenvalue weighted by Crippen LogP contribution is -2.34. The number of hydrogen-bond acceptors (Lipinski definition) is 5. The number of amides is 1. The average molecular weight is 389 g/mol. The van der Waals surface area contributed by atoms with Crippen LogP contribution in [0.2, 0.25) is 0 Å². The fourth-order valence-electron chi connectivity index (χ4n) is 3.34. The smallest absolute Gasteiger partial charge is 0.274 e. The van der Waals surface area contributed by atoms with E-state index in [0.717, 1.165) is 11.8 Å². The number of hydrogen-bond donors (Lipinski definition) is 1. The maximum Gasteiger partial charge on any atom is 0.274 e. The second-order valence-corrected chi connectivity index (χ2v) is 8.53. The van der Waals surface area contributed by atoms with Crippen molar-refractivity contribution in [3.8, 4) is 0 Å². The van der Waals surface area contributed by atoms with Crippen LogP contribution in [-0.2, 0) is 16.4 Å². The minimum atomic E-state index is -3.39. The molecule has 1 heterocycles. The number of nitro groups is 1. The lowest BCUT2D eigenvalue weighted by molar-refractivity contribution is -0.385. The van der Waals surface area contributed by atoms with E-state index in [2.05, 4.69) is 5.32 Å². The summed E-state index contributed by atoms with van der Waals surface area (Å²) < 4.78 is 25.3. The van der Waals surface area contributed by atoms with Gasteiger partial charge in [-0.1, -0.05) is 6.07 Å². The third-order valence-electron chi connectivity index (χ3n) is 4.52. The molecule has 0 bridgehead atoms. The molecule has 0 aliphatic carbocycles. The summed E-state index contributed by atoms with van der Waals surface area (Å²) in [7, 11) is -3.39. The molecule has 0 aromatic heterocycles. The predicted molar refractivity (Wildman–Crippen MR) is 103 cm³/mol. The van der Waals surface area contributed by atoms with E-state index in [9.17, 15) is 23.3 Å². The highest BCUT2D eigenvalue weighted by atomic mass is 32.2. The van der Waals surface area contributed by atoms with Gasteiger partial charge in [-0.3, -0.25) is 19.2 Å². The average Bonchev–Trinajstić information content (AvgIpc) is 2.91. The summed E-state index contributed by atoms with van der Waals surface area (Å²) in [6.07, 6.45) is 1.67. The summed E-state index contributed by atoms with van der Waals surface area (Å²) in [6, 6.07) is 9.10. The molecule has 1 N–H and O–H groups in total. The fraction of sp³-hybridized carbons (Fsp3) is 0.278. The number of nitrogens with one attached hydrogen (secondary N) is 1. The van der Waals surface area contributed by atoms with Crippen LogP contribution in [0.1, 0.15) is 28.4 Å². The summed E-state index contributed by atoms with van der Waals surface area (Å²) in [5, 5.41) is 13.7. The first-order chi connectivity index (χ1) is 12.6. The topological polar surface area (TPSA) is 110 Å². The van der Waals surface area contributed by atoms with Gasteiger partial charge in [0.2, 0.25) is 10.0 Å². The quantitative estimate of drug-likeness (QED) is 0.639. The van der Waals surface area contributed by atoms with E-state index in [1.165, 1.54) is 10.4 Å². The molecule has 27 heavy (non-hydrogen) atoms. The zero-order chi connectivity index (χ0) is 19.9. The van der Waals surface area contributed by atoms with Gasteiger partial charge < -0.3 is 5.32 Å². The molecule has 9 heteroatoms. The van der Waals surface area contributed by atoms with E-state index in [1.54, 1.807) is 37.3 Å². The second-order valence-electron chi connectivity index (χ2n) is 6.67. The van der Waals surface area contributed by atoms with E-state index in [1.807, 2.05) is 6.92 Å². The first kappa shape index (κ1) is 18.8. The monoisotopic (exact) mass is 389 g/mol. The van der Waals surface area contributed by atoms with Crippen molar-refractivity contribution in [2.45, 2.75) is 26.3 Å². The van der Waals surface area contributed by atoms with E-state index < -0.39 is 20.9 Å². The SMILES string of the molecule is Cc1ccc(NC(=O)c2ccc3c(c2)CC(C)N3S(C)(=O)=O)cc1[N+](=O)[O-]. The van der Waals surface area contributed by atoms with Gasteiger partial charge in [-0.05, 0) is 50.1 Å². The zero-order valence-corrected chi connectivity index (χ0v) is 15.9. The van der Waals surface area contributed by atoms with Crippen LogP contribution in [0.15, 0.2) is 36.4 Å². The highest BCUT2D eigenvalue weighted by molar-refractivity contribution is 7.92. The Morgan fingerprint density at radius 3 is 2.59 bits per heavy atom. The second kappa shape index (κ2) is 6.66. The van der Waals surface area contributed by atoms with Gasteiger partial charge in [-0.15, -0.1) is 0 Å². The Morgan fingerprint density at radius 1 is 1.26 bits per heavy atom. The zero-order valence-electron chi connectivity index (χ0n) is 15.1. The molecule has 2 aromatic rings. The Balaban J connectivity index is 1.87. The molecular formula is C18H19N3O5S. The third-order valence-corrected chi connectivity index (χ3v) is 5.79. The van der Waals surface area contributed by atoms with Crippen molar-refractivity contribution in [2.24, 2.45) is 0 Å². The maximum absolute atomic E-state index is 12.5. The molecule has 1 unspecified atom stereocenters. The van der Waals surface area contributed by atoms with Crippen LogP contribution >= 0.6 is 0 Å². The van der Waals surface area contributed by atoms with Gasteiger partial charge in [0.25, 0.3) is 11.6 Å². The van der Waals surface area contributed by atoms with Crippen molar-refractivity contribution in [3.63, 3.8) is 0 Å². The molecule has 0 spiro atoms. The summed E-state index contributed by atoms with van der Waals surface area (Å²) in [5.74, 6) is -0.415. The largest absolute Gasteiger partial charge is 0.322 e. The number of benzene rings is 2. The first-order valence-electron chi connectivity index (χ1n) is 8.26. The molecule has 1 aliphatic rings. The Bertz CT molecular complexity index is 1050. The maximum atomic E-state index is 12.5. The Morgan fingerprint density at radius 2 is 1.96 bits per heavy atom. The molecule has 0 saturated heterocycles. The molecule has 1 aliphatic heterocycles. The van der Waals surface area contributed by atoms with Crippen LogP contribution in [-0.4, -0.2) is 31.5 Å². The van der Waals surface area contributed by atoms with Crippen molar-refractivity contribution < 1.29 is 18.1 Å². The number of nitro benzene ring substituents is 1. The van der Waals surface area contributed by atoms with Gasteiger partial charge in [0.05, 0.1) is 16.9 Å². The number of aryl methyl sites for hydroxylation is 1. The number of carbonyl (C=O) groups is 1. The lowest BCUT2D eigenvalue weighted by Gasteiger charge is -2.21. The van der Waals surface area contributed by atoms with E-state index >= 15 is 0 Å². The number of nitrogens with zero attached hydrogens (tertiary/aromatic N) is 2. The minimum absolute atomic E-state index is 0.0700. The van der Waals surface area contributed by atoms with Crippen molar-refractivity contribution in [3.05, 3.63) is 63.2 Å². The Kier molecular flexibility index (Phi) is 4.64. The summed E-state index contributed by atoms with van der Waals surface area (Å²) in [4.78, 5) is 23.1. The molecule has 3 rings (SSSR count). The van der Waals surface area contributed by atoms with Crippen LogP contribution in [0, 0.1) is 17.0 Å². The summed E-state index contributed by atoms with van der Waals surface area (Å²) >= 11 is 0. The highest BCUT2D eigenvalue weighted by Gasteiger charge is 2.32. The minimum Gasteiger partial charge on any atom is -0.322 e. The third kappa shape index (κ3) is 3.63. The molecule has 1 amide bonds.